The van der Waals surface area contributed by atoms with Crippen LogP contribution < -0.4 is 10.1 Å². The highest BCUT2D eigenvalue weighted by molar-refractivity contribution is 5.93. The van der Waals surface area contributed by atoms with Crippen molar-refractivity contribution in [3.8, 4) is 23.1 Å². The van der Waals surface area contributed by atoms with E-state index in [4.69, 9.17) is 14.4 Å². The summed E-state index contributed by atoms with van der Waals surface area (Å²) in [6, 6.07) is 17.2. The second-order valence-electron chi connectivity index (χ2n) is 8.76. The number of carbonyl (C=O) groups is 1. The van der Waals surface area contributed by atoms with Gasteiger partial charge in [-0.2, -0.15) is 10.4 Å². The van der Waals surface area contributed by atoms with Gasteiger partial charge in [0.2, 0.25) is 5.91 Å². The number of aryl methyl sites for hydroxylation is 3. The zero-order chi connectivity index (χ0) is 26.4. The maximum Gasteiger partial charge on any atom is 0.244 e. The van der Waals surface area contributed by atoms with Crippen molar-refractivity contribution in [2.75, 3.05) is 7.11 Å². The maximum absolute atomic E-state index is 13.1. The molecule has 0 fully saturated rings. The number of aromatic nitrogens is 3. The van der Waals surface area contributed by atoms with Gasteiger partial charge in [-0.25, -0.2) is 0 Å². The van der Waals surface area contributed by atoms with E-state index in [1.165, 1.54) is 6.08 Å². The minimum Gasteiger partial charge on any atom is -0.497 e. The SMILES string of the molecule is COc1cccc(C(Cc2cccc(C)n2)NC(=O)/C=C/c2cn(CC#N)nc2-c2cc(C)oc2C)c1. The van der Waals surface area contributed by atoms with E-state index in [1.807, 2.05) is 69.3 Å². The summed E-state index contributed by atoms with van der Waals surface area (Å²) in [5.74, 6) is 1.94. The van der Waals surface area contributed by atoms with Gasteiger partial charge in [0.25, 0.3) is 0 Å². The lowest BCUT2D eigenvalue weighted by Crippen LogP contribution is -2.28. The second-order valence-corrected chi connectivity index (χ2v) is 8.76. The summed E-state index contributed by atoms with van der Waals surface area (Å²) < 4.78 is 12.6. The van der Waals surface area contributed by atoms with Crippen LogP contribution in [0.2, 0.25) is 0 Å². The Morgan fingerprint density at radius 3 is 2.73 bits per heavy atom. The zero-order valence-electron chi connectivity index (χ0n) is 21.4. The third kappa shape index (κ3) is 6.33. The number of benzene rings is 1. The quantitative estimate of drug-likeness (QED) is 0.324. The first kappa shape index (κ1) is 25.5. The fourth-order valence-corrected chi connectivity index (χ4v) is 4.21. The molecule has 4 rings (SSSR count). The number of hydrogen-bond acceptors (Lipinski definition) is 6. The number of carbonyl (C=O) groups excluding carboxylic acids is 1. The number of hydrogen-bond donors (Lipinski definition) is 1. The molecule has 37 heavy (non-hydrogen) atoms. The number of amides is 1. The van der Waals surface area contributed by atoms with Crippen molar-refractivity contribution in [3.63, 3.8) is 0 Å². The van der Waals surface area contributed by atoms with Crippen molar-refractivity contribution in [1.29, 1.82) is 5.26 Å². The normalized spacial score (nSPS) is 11.9. The Labute approximate surface area is 216 Å². The molecule has 0 bridgehead atoms. The van der Waals surface area contributed by atoms with Crippen LogP contribution in [0.15, 0.2) is 65.2 Å². The van der Waals surface area contributed by atoms with Gasteiger partial charge in [0.05, 0.1) is 19.2 Å². The Bertz CT molecular complexity index is 1470. The second kappa shape index (κ2) is 11.4. The lowest BCUT2D eigenvalue weighted by molar-refractivity contribution is -0.117. The number of nitriles is 1. The number of pyridine rings is 1. The molecule has 188 valence electrons. The van der Waals surface area contributed by atoms with Crippen LogP contribution in [0.5, 0.6) is 5.75 Å². The minimum atomic E-state index is -0.318. The molecular weight excluding hydrogens is 466 g/mol. The summed E-state index contributed by atoms with van der Waals surface area (Å²) in [6.45, 7) is 5.78. The average molecular weight is 496 g/mol. The summed E-state index contributed by atoms with van der Waals surface area (Å²) >= 11 is 0. The van der Waals surface area contributed by atoms with Gasteiger partial charge in [0.1, 0.15) is 29.5 Å². The Balaban J connectivity index is 1.61. The molecule has 1 atom stereocenters. The monoisotopic (exact) mass is 495 g/mol. The number of rotatable bonds is 9. The fourth-order valence-electron chi connectivity index (χ4n) is 4.21. The van der Waals surface area contributed by atoms with Crippen LogP contribution in [0.1, 0.15) is 40.1 Å². The largest absolute Gasteiger partial charge is 0.497 e. The Kier molecular flexibility index (Phi) is 7.84. The van der Waals surface area contributed by atoms with E-state index >= 15 is 0 Å². The maximum atomic E-state index is 13.1. The highest BCUT2D eigenvalue weighted by Crippen LogP contribution is 2.29. The molecule has 0 spiro atoms. The third-order valence-electron chi connectivity index (χ3n) is 5.90. The van der Waals surface area contributed by atoms with Crippen LogP contribution in [0.3, 0.4) is 0 Å². The standard InChI is InChI=1S/C29H29N5O3/c1-19-7-5-9-24(31-19)17-27(22-8-6-10-25(16-22)36-4)32-28(35)12-11-23-18-34(14-13-30)33-29(23)26-15-20(2)37-21(26)3/h5-12,15-16,18,27H,14,17H2,1-4H3,(H,32,35)/b12-11+. The predicted molar refractivity (Wildman–Crippen MR) is 141 cm³/mol. The predicted octanol–water partition coefficient (Wildman–Crippen LogP) is 5.11. The van der Waals surface area contributed by atoms with E-state index in [1.54, 1.807) is 24.1 Å². The number of nitrogens with zero attached hydrogens (tertiary/aromatic N) is 4. The number of nitrogens with one attached hydrogen (secondary N) is 1. The summed E-state index contributed by atoms with van der Waals surface area (Å²) in [7, 11) is 1.62. The first-order valence-electron chi connectivity index (χ1n) is 11.9. The molecule has 1 unspecified atom stereocenters. The van der Waals surface area contributed by atoms with Gasteiger partial charge in [-0.05, 0) is 62.7 Å². The van der Waals surface area contributed by atoms with E-state index in [9.17, 15) is 4.79 Å². The highest BCUT2D eigenvalue weighted by atomic mass is 16.5. The van der Waals surface area contributed by atoms with Crippen molar-refractivity contribution < 1.29 is 13.9 Å². The van der Waals surface area contributed by atoms with Crippen LogP contribution in [0, 0.1) is 32.1 Å². The van der Waals surface area contributed by atoms with Crippen LogP contribution in [-0.4, -0.2) is 27.8 Å². The molecular formula is C29H29N5O3. The number of ether oxygens (including phenoxy) is 1. The average Bonchev–Trinajstić information content (AvgIpc) is 3.43. The molecule has 1 aromatic carbocycles. The number of furan rings is 1. The molecule has 1 N–H and O–H groups in total. The van der Waals surface area contributed by atoms with E-state index in [0.29, 0.717) is 23.4 Å². The molecule has 3 aromatic heterocycles. The summed E-state index contributed by atoms with van der Waals surface area (Å²) in [4.78, 5) is 17.7. The molecule has 8 heteroatoms. The topological polar surface area (TPSA) is 106 Å². The summed E-state index contributed by atoms with van der Waals surface area (Å²) in [5.41, 5.74) is 4.91. The van der Waals surface area contributed by atoms with Crippen molar-refractivity contribution in [2.24, 2.45) is 0 Å². The lowest BCUT2D eigenvalue weighted by atomic mass is 10.0. The Morgan fingerprint density at radius 1 is 1.22 bits per heavy atom. The molecule has 0 aliphatic rings. The molecule has 4 aromatic rings. The Morgan fingerprint density at radius 2 is 2.03 bits per heavy atom. The van der Waals surface area contributed by atoms with Crippen LogP contribution in [-0.2, 0) is 17.8 Å². The molecule has 8 nitrogen and oxygen atoms in total. The fraction of sp³-hybridized carbons (Fsp3) is 0.241. The third-order valence-corrected chi connectivity index (χ3v) is 5.90. The molecule has 0 aliphatic carbocycles. The van der Waals surface area contributed by atoms with Gasteiger partial charge >= 0.3 is 0 Å². The van der Waals surface area contributed by atoms with E-state index in [2.05, 4.69) is 21.5 Å². The van der Waals surface area contributed by atoms with Crippen molar-refractivity contribution >= 4 is 12.0 Å². The van der Waals surface area contributed by atoms with Gasteiger partial charge in [-0.15, -0.1) is 0 Å². The molecule has 0 aliphatic heterocycles. The van der Waals surface area contributed by atoms with Gasteiger partial charge < -0.3 is 14.5 Å². The van der Waals surface area contributed by atoms with E-state index < -0.39 is 0 Å². The molecule has 0 saturated heterocycles. The van der Waals surface area contributed by atoms with Gasteiger partial charge in [0.15, 0.2) is 0 Å². The Hall–Kier alpha value is -4.64. The van der Waals surface area contributed by atoms with Crippen LogP contribution >= 0.6 is 0 Å². The lowest BCUT2D eigenvalue weighted by Gasteiger charge is -2.19. The molecule has 3 heterocycles. The van der Waals surface area contributed by atoms with Crippen LogP contribution in [0.4, 0.5) is 0 Å². The van der Waals surface area contributed by atoms with Gasteiger partial charge in [-0.3, -0.25) is 14.5 Å². The van der Waals surface area contributed by atoms with Crippen molar-refractivity contribution in [1.82, 2.24) is 20.1 Å². The van der Waals surface area contributed by atoms with Crippen molar-refractivity contribution in [2.45, 2.75) is 39.8 Å². The summed E-state index contributed by atoms with van der Waals surface area (Å²) in [5, 5.41) is 16.8. The van der Waals surface area contributed by atoms with Gasteiger partial charge in [0, 0.05) is 41.2 Å². The first-order valence-corrected chi connectivity index (χ1v) is 11.9. The van der Waals surface area contributed by atoms with E-state index in [-0.39, 0.29) is 18.5 Å². The van der Waals surface area contributed by atoms with Gasteiger partial charge in [-0.1, -0.05) is 18.2 Å². The molecule has 1 amide bonds. The molecule has 0 radical (unpaired) electrons. The minimum absolute atomic E-state index is 0.102. The zero-order valence-corrected chi connectivity index (χ0v) is 21.4. The first-order chi connectivity index (χ1) is 17.9. The highest BCUT2D eigenvalue weighted by Gasteiger charge is 2.18. The number of methoxy groups -OCH3 is 1. The van der Waals surface area contributed by atoms with E-state index in [0.717, 1.165) is 34.0 Å². The molecule has 0 saturated carbocycles. The van der Waals surface area contributed by atoms with Crippen molar-refractivity contribution in [3.05, 3.63) is 94.8 Å². The van der Waals surface area contributed by atoms with Crippen LogP contribution in [0.25, 0.3) is 17.3 Å². The summed E-state index contributed by atoms with van der Waals surface area (Å²) in [6.07, 6.45) is 5.46. The smallest absolute Gasteiger partial charge is 0.244 e.